The van der Waals surface area contributed by atoms with Crippen LogP contribution in [-0.4, -0.2) is 31.1 Å². The topological polar surface area (TPSA) is 24.8 Å². The summed E-state index contributed by atoms with van der Waals surface area (Å²) in [5.74, 6) is 2.45. The summed E-state index contributed by atoms with van der Waals surface area (Å²) in [6.45, 7) is 9.22. The Hall–Kier alpha value is -1.35. The molecule has 2 saturated heterocycles. The van der Waals surface area contributed by atoms with Crippen molar-refractivity contribution in [3.05, 3.63) is 29.8 Å². The van der Waals surface area contributed by atoms with Crippen molar-refractivity contribution in [2.45, 2.75) is 57.5 Å². The van der Waals surface area contributed by atoms with Gasteiger partial charge in [-0.25, -0.2) is 0 Å². The van der Waals surface area contributed by atoms with Gasteiger partial charge >= 0.3 is 0 Å². The Kier molecular flexibility index (Phi) is 3.02. The summed E-state index contributed by atoms with van der Waals surface area (Å²) in [6.07, 6.45) is 3.91. The van der Waals surface area contributed by atoms with Crippen LogP contribution in [0.1, 0.15) is 45.6 Å². The second-order valence-electron chi connectivity index (χ2n) is 8.73. The molecular weight excluding hydrogens is 296 g/mol. The number of amides is 1. The molecule has 1 unspecified atom stereocenters. The summed E-state index contributed by atoms with van der Waals surface area (Å²) in [5, 5.41) is 0. The fourth-order valence-corrected chi connectivity index (χ4v) is 7.34. The summed E-state index contributed by atoms with van der Waals surface area (Å²) in [7, 11) is 0. The van der Waals surface area contributed by atoms with Crippen molar-refractivity contribution in [1.82, 2.24) is 0 Å². The molecule has 4 aliphatic rings. The molecule has 24 heavy (non-hydrogen) atoms. The average molecular weight is 325 g/mol. The molecule has 3 heteroatoms. The molecule has 3 heterocycles. The van der Waals surface area contributed by atoms with Crippen molar-refractivity contribution < 1.29 is 9.69 Å². The summed E-state index contributed by atoms with van der Waals surface area (Å²) < 4.78 is 0. The Morgan fingerprint density at radius 3 is 2.92 bits per heavy atom. The summed E-state index contributed by atoms with van der Waals surface area (Å²) in [5.41, 5.74) is 2.90. The Morgan fingerprint density at radius 2 is 2.17 bits per heavy atom. The zero-order valence-electron chi connectivity index (χ0n) is 15.1. The smallest absolute Gasteiger partial charge is 0.224 e. The van der Waals surface area contributed by atoms with Crippen LogP contribution in [0.5, 0.6) is 0 Å². The largest absolute Gasteiger partial charge is 0.331 e. The highest BCUT2D eigenvalue weighted by molar-refractivity contribution is 5.96. The number of hydrogen-bond donors (Lipinski definition) is 1. The van der Waals surface area contributed by atoms with Gasteiger partial charge in [0.1, 0.15) is 0 Å². The van der Waals surface area contributed by atoms with Gasteiger partial charge in [0, 0.05) is 31.4 Å². The Morgan fingerprint density at radius 1 is 1.38 bits per heavy atom. The fraction of sp³-hybridized carbons (Fsp3) is 0.667. The molecule has 2 bridgehead atoms. The molecule has 1 aromatic rings. The first-order valence-corrected chi connectivity index (χ1v) is 9.83. The monoisotopic (exact) mass is 325 g/mol. The highest BCUT2D eigenvalue weighted by atomic mass is 16.2. The predicted molar refractivity (Wildman–Crippen MR) is 95.2 cm³/mol. The molecule has 0 radical (unpaired) electrons. The second kappa shape index (κ2) is 4.85. The van der Waals surface area contributed by atoms with Gasteiger partial charge in [0.15, 0.2) is 0 Å². The highest BCUT2D eigenvalue weighted by Crippen LogP contribution is 2.59. The lowest BCUT2D eigenvalue weighted by Crippen LogP contribution is -3.17. The molecule has 3 nitrogen and oxygen atoms in total. The van der Waals surface area contributed by atoms with Crippen LogP contribution in [0, 0.1) is 17.8 Å². The number of carbonyl (C=O) groups is 1. The lowest BCUT2D eigenvalue weighted by atomic mass is 9.54. The molecule has 128 valence electrons. The van der Waals surface area contributed by atoms with Gasteiger partial charge in [-0.05, 0) is 29.9 Å². The van der Waals surface area contributed by atoms with E-state index >= 15 is 0 Å². The third kappa shape index (κ3) is 1.55. The third-order valence-corrected chi connectivity index (χ3v) is 8.12. The number of fused-ring (bicyclic) bond motifs is 2. The number of para-hydroxylation sites is 1. The minimum atomic E-state index is 0.215. The molecule has 1 spiro atoms. The van der Waals surface area contributed by atoms with Gasteiger partial charge in [0.2, 0.25) is 5.91 Å². The number of anilines is 1. The fourth-order valence-electron chi connectivity index (χ4n) is 7.34. The van der Waals surface area contributed by atoms with Gasteiger partial charge in [-0.3, -0.25) is 4.79 Å². The van der Waals surface area contributed by atoms with Crippen LogP contribution in [0.4, 0.5) is 5.69 Å². The zero-order valence-corrected chi connectivity index (χ0v) is 15.1. The van der Waals surface area contributed by atoms with Crippen LogP contribution in [0.25, 0.3) is 0 Å². The Bertz CT molecular complexity index is 701. The van der Waals surface area contributed by atoms with E-state index in [1.54, 1.807) is 6.92 Å². The van der Waals surface area contributed by atoms with Gasteiger partial charge in [0.25, 0.3) is 0 Å². The maximum Gasteiger partial charge on any atom is 0.224 e. The number of rotatable bonds is 1. The quantitative estimate of drug-likeness (QED) is 0.839. The number of hydrogen-bond acceptors (Lipinski definition) is 1. The lowest BCUT2D eigenvalue weighted by Gasteiger charge is -2.54. The summed E-state index contributed by atoms with van der Waals surface area (Å²) in [6, 6.07) is 9.90. The van der Waals surface area contributed by atoms with E-state index in [1.807, 2.05) is 4.90 Å². The van der Waals surface area contributed by atoms with E-state index in [9.17, 15) is 4.79 Å². The number of carbonyl (C=O) groups excluding carboxylic acids is 1. The highest BCUT2D eigenvalue weighted by Gasteiger charge is 2.69. The number of nitrogens with one attached hydrogen (secondary N) is 1. The van der Waals surface area contributed by atoms with Crippen LogP contribution < -0.4 is 9.80 Å². The standard InChI is InChI=1S/C21H28N2O/c1-4-15-12-22-10-9-21-17-7-5-6-8-18(17)23(14(3)24)20(21)13(2)16(15)11-19(21)22/h5-8,13,15-16,19-20H,4,9-12H2,1-3H3/p+1/t13-,15+,16+,19-,20-,21+/m0/s1. The first-order chi connectivity index (χ1) is 11.6. The number of nitrogens with zero attached hydrogens (tertiary/aromatic N) is 1. The molecule has 1 saturated carbocycles. The van der Waals surface area contributed by atoms with Crippen LogP contribution in [-0.2, 0) is 10.2 Å². The van der Waals surface area contributed by atoms with Crippen LogP contribution in [0.3, 0.4) is 0 Å². The first kappa shape index (κ1) is 14.9. The molecule has 5 rings (SSSR count). The number of quaternary nitrogens is 1. The maximum absolute atomic E-state index is 12.7. The molecule has 3 aliphatic heterocycles. The van der Waals surface area contributed by atoms with Crippen LogP contribution in [0.15, 0.2) is 24.3 Å². The minimum absolute atomic E-state index is 0.215. The molecule has 3 fully saturated rings. The molecular formula is C21H29N2O+. The average Bonchev–Trinajstić information content (AvgIpc) is 3.12. The zero-order chi connectivity index (χ0) is 16.6. The molecule has 0 aromatic heterocycles. The molecule has 1 aromatic carbocycles. The van der Waals surface area contributed by atoms with Gasteiger partial charge in [0.05, 0.1) is 30.6 Å². The van der Waals surface area contributed by atoms with Crippen molar-refractivity contribution in [3.63, 3.8) is 0 Å². The lowest BCUT2D eigenvalue weighted by molar-refractivity contribution is -0.927. The number of benzene rings is 1. The summed E-state index contributed by atoms with van der Waals surface area (Å²) in [4.78, 5) is 16.7. The maximum atomic E-state index is 12.7. The van der Waals surface area contributed by atoms with E-state index in [2.05, 4.69) is 43.0 Å². The Labute approximate surface area is 145 Å². The normalized spacial score (nSPS) is 45.0. The van der Waals surface area contributed by atoms with Crippen LogP contribution in [0.2, 0.25) is 0 Å². The van der Waals surface area contributed by atoms with Gasteiger partial charge in [-0.15, -0.1) is 0 Å². The van der Waals surface area contributed by atoms with Crippen molar-refractivity contribution in [1.29, 1.82) is 0 Å². The van der Waals surface area contributed by atoms with E-state index < -0.39 is 0 Å². The van der Waals surface area contributed by atoms with Gasteiger partial charge in [-0.2, -0.15) is 0 Å². The van der Waals surface area contributed by atoms with E-state index in [0.29, 0.717) is 12.0 Å². The third-order valence-electron chi connectivity index (χ3n) is 8.12. The van der Waals surface area contributed by atoms with Crippen molar-refractivity contribution in [3.8, 4) is 0 Å². The van der Waals surface area contributed by atoms with Crippen LogP contribution >= 0.6 is 0 Å². The summed E-state index contributed by atoms with van der Waals surface area (Å²) >= 11 is 0. The van der Waals surface area contributed by atoms with E-state index in [4.69, 9.17) is 0 Å². The minimum Gasteiger partial charge on any atom is -0.331 e. The van der Waals surface area contributed by atoms with Crippen molar-refractivity contribution in [2.24, 2.45) is 17.8 Å². The number of piperidine rings is 1. The van der Waals surface area contributed by atoms with E-state index in [1.165, 1.54) is 43.6 Å². The molecule has 1 aliphatic carbocycles. The van der Waals surface area contributed by atoms with E-state index in [0.717, 1.165) is 17.9 Å². The predicted octanol–water partition coefficient (Wildman–Crippen LogP) is 2.01. The second-order valence-corrected chi connectivity index (χ2v) is 8.73. The van der Waals surface area contributed by atoms with Crippen molar-refractivity contribution in [2.75, 3.05) is 18.0 Å². The van der Waals surface area contributed by atoms with Crippen molar-refractivity contribution >= 4 is 11.6 Å². The molecule has 7 atom stereocenters. The van der Waals surface area contributed by atoms with Gasteiger partial charge < -0.3 is 9.80 Å². The first-order valence-electron chi connectivity index (χ1n) is 9.83. The SMILES string of the molecule is CC[C@@H]1C[NH+]2CC[C@]34c5ccccc5N(C(C)=O)[C@H]3[C@@H](C)[C@H]1C[C@H]24. The van der Waals surface area contributed by atoms with E-state index in [-0.39, 0.29) is 11.3 Å². The molecule has 1 N–H and O–H groups in total. The molecule has 1 amide bonds. The van der Waals surface area contributed by atoms with Gasteiger partial charge in [-0.1, -0.05) is 32.0 Å². The Balaban J connectivity index is 1.73.